The average molecular weight is 258 g/mol. The molecule has 14 heavy (non-hydrogen) atoms. The summed E-state index contributed by atoms with van der Waals surface area (Å²) in [7, 11) is 0. The van der Waals surface area contributed by atoms with Crippen LogP contribution in [0.15, 0.2) is 17.0 Å². The van der Waals surface area contributed by atoms with E-state index in [2.05, 4.69) is 25.9 Å². The summed E-state index contributed by atoms with van der Waals surface area (Å²) < 4.78 is 6.49. The smallest absolute Gasteiger partial charge is 0.231 e. The Morgan fingerprint density at radius 2 is 2.36 bits per heavy atom. The number of ether oxygens (including phenoxy) is 1. The van der Waals surface area contributed by atoms with E-state index in [1.165, 1.54) is 6.33 Å². The van der Waals surface area contributed by atoms with Crippen molar-refractivity contribution in [2.24, 2.45) is 5.73 Å². The van der Waals surface area contributed by atoms with Gasteiger partial charge in [0.25, 0.3) is 0 Å². The lowest BCUT2D eigenvalue weighted by Gasteiger charge is -2.12. The third kappa shape index (κ3) is 2.22. The summed E-state index contributed by atoms with van der Waals surface area (Å²) in [4.78, 5) is 7.92. The van der Waals surface area contributed by atoms with Gasteiger partial charge < -0.3 is 10.5 Å². The van der Waals surface area contributed by atoms with Gasteiger partial charge in [-0.3, -0.25) is 0 Å². The largest absolute Gasteiger partial charge is 0.473 e. The minimum atomic E-state index is 0.205. The van der Waals surface area contributed by atoms with E-state index < -0.39 is 0 Å². The molecule has 1 aromatic heterocycles. The highest BCUT2D eigenvalue weighted by atomic mass is 79.9. The van der Waals surface area contributed by atoms with Crippen molar-refractivity contribution in [3.05, 3.63) is 17.0 Å². The van der Waals surface area contributed by atoms with Gasteiger partial charge in [-0.1, -0.05) is 0 Å². The standard InChI is InChI=1S/C9H12BrN3O/c10-8-4-12-5-13-9(8)14-7-2-1-6(11)3-7/h4-7H,1-3,11H2. The van der Waals surface area contributed by atoms with Crippen LogP contribution in [0.5, 0.6) is 5.88 Å². The van der Waals surface area contributed by atoms with Gasteiger partial charge in [-0.05, 0) is 35.2 Å². The van der Waals surface area contributed by atoms with Crippen molar-refractivity contribution in [1.82, 2.24) is 9.97 Å². The molecule has 0 saturated heterocycles. The van der Waals surface area contributed by atoms with Crippen molar-refractivity contribution < 1.29 is 4.74 Å². The van der Waals surface area contributed by atoms with Crippen molar-refractivity contribution >= 4 is 15.9 Å². The Morgan fingerprint density at radius 3 is 3.00 bits per heavy atom. The minimum absolute atomic E-state index is 0.205. The lowest BCUT2D eigenvalue weighted by Crippen LogP contribution is -2.19. The first-order valence-electron chi connectivity index (χ1n) is 4.63. The third-order valence-corrected chi connectivity index (χ3v) is 2.88. The van der Waals surface area contributed by atoms with Crippen molar-refractivity contribution in [2.45, 2.75) is 31.4 Å². The van der Waals surface area contributed by atoms with Gasteiger partial charge in [-0.25, -0.2) is 9.97 Å². The molecule has 0 amide bonds. The molecule has 0 aromatic carbocycles. The fourth-order valence-corrected chi connectivity index (χ4v) is 1.94. The summed E-state index contributed by atoms with van der Waals surface area (Å²) >= 11 is 3.34. The summed E-state index contributed by atoms with van der Waals surface area (Å²) in [6.45, 7) is 0. The Hall–Kier alpha value is -0.680. The van der Waals surface area contributed by atoms with Gasteiger partial charge in [0.05, 0.1) is 4.47 Å². The molecule has 0 spiro atoms. The van der Waals surface area contributed by atoms with Crippen LogP contribution >= 0.6 is 15.9 Å². The number of hydrogen-bond donors (Lipinski definition) is 1. The molecule has 0 aliphatic heterocycles. The molecule has 1 fully saturated rings. The van der Waals surface area contributed by atoms with E-state index in [4.69, 9.17) is 10.5 Å². The summed E-state index contributed by atoms with van der Waals surface area (Å²) in [5.74, 6) is 0.610. The highest BCUT2D eigenvalue weighted by Gasteiger charge is 2.24. The van der Waals surface area contributed by atoms with Crippen molar-refractivity contribution in [2.75, 3.05) is 0 Å². The van der Waals surface area contributed by atoms with Crippen LogP contribution in [-0.4, -0.2) is 22.1 Å². The van der Waals surface area contributed by atoms with Crippen LogP contribution in [0.3, 0.4) is 0 Å². The van der Waals surface area contributed by atoms with Gasteiger partial charge in [0, 0.05) is 12.2 Å². The molecular formula is C9H12BrN3O. The number of rotatable bonds is 2. The van der Waals surface area contributed by atoms with Gasteiger partial charge in [0.15, 0.2) is 0 Å². The fourth-order valence-electron chi connectivity index (χ4n) is 1.63. The Bertz CT molecular complexity index is 321. The highest BCUT2D eigenvalue weighted by molar-refractivity contribution is 9.10. The first kappa shape index (κ1) is 9.86. The predicted octanol–water partition coefficient (Wildman–Crippen LogP) is 1.50. The molecule has 1 heterocycles. The number of halogens is 1. The number of nitrogens with two attached hydrogens (primary N) is 1. The van der Waals surface area contributed by atoms with E-state index >= 15 is 0 Å². The predicted molar refractivity (Wildman–Crippen MR) is 56.0 cm³/mol. The van der Waals surface area contributed by atoms with Crippen LogP contribution in [0, 0.1) is 0 Å². The fraction of sp³-hybridized carbons (Fsp3) is 0.556. The van der Waals surface area contributed by atoms with Gasteiger partial charge >= 0.3 is 0 Å². The maximum Gasteiger partial charge on any atom is 0.231 e. The molecular weight excluding hydrogens is 246 g/mol. The SMILES string of the molecule is NC1CCC(Oc2ncncc2Br)C1. The maximum absolute atomic E-state index is 5.79. The molecule has 4 nitrogen and oxygen atoms in total. The van der Waals surface area contributed by atoms with E-state index in [1.54, 1.807) is 6.20 Å². The minimum Gasteiger partial charge on any atom is -0.473 e. The molecule has 1 aliphatic rings. The molecule has 1 aromatic rings. The molecule has 2 N–H and O–H groups in total. The van der Waals surface area contributed by atoms with Gasteiger partial charge in [0.1, 0.15) is 12.4 Å². The Labute approximate surface area is 91.0 Å². The van der Waals surface area contributed by atoms with Crippen molar-refractivity contribution in [1.29, 1.82) is 0 Å². The Balaban J connectivity index is 2.01. The summed E-state index contributed by atoms with van der Waals surface area (Å²) in [6.07, 6.45) is 6.32. The lowest BCUT2D eigenvalue weighted by atomic mass is 10.3. The van der Waals surface area contributed by atoms with E-state index in [0.29, 0.717) is 5.88 Å². The third-order valence-electron chi connectivity index (χ3n) is 2.34. The molecule has 0 bridgehead atoms. The van der Waals surface area contributed by atoms with Gasteiger partial charge in [-0.15, -0.1) is 0 Å². The number of nitrogens with zero attached hydrogens (tertiary/aromatic N) is 2. The lowest BCUT2D eigenvalue weighted by molar-refractivity contribution is 0.198. The van der Waals surface area contributed by atoms with Crippen LogP contribution < -0.4 is 10.5 Å². The van der Waals surface area contributed by atoms with Crippen LogP contribution in [0.25, 0.3) is 0 Å². The molecule has 0 radical (unpaired) electrons. The first-order chi connectivity index (χ1) is 6.75. The normalized spacial score (nSPS) is 26.4. The zero-order chi connectivity index (χ0) is 9.97. The number of aromatic nitrogens is 2. The summed E-state index contributed by atoms with van der Waals surface area (Å²) in [5, 5.41) is 0. The van der Waals surface area contributed by atoms with Gasteiger partial charge in [-0.2, -0.15) is 0 Å². The molecule has 76 valence electrons. The van der Waals surface area contributed by atoms with Crippen LogP contribution in [0.4, 0.5) is 0 Å². The Morgan fingerprint density at radius 1 is 1.50 bits per heavy atom. The second-order valence-electron chi connectivity index (χ2n) is 3.49. The average Bonchev–Trinajstić information content (AvgIpc) is 2.56. The molecule has 2 unspecified atom stereocenters. The molecule has 5 heteroatoms. The van der Waals surface area contributed by atoms with Crippen LogP contribution in [-0.2, 0) is 0 Å². The maximum atomic E-state index is 5.79. The monoisotopic (exact) mass is 257 g/mol. The summed E-state index contributed by atoms with van der Waals surface area (Å²) in [6, 6.07) is 0.278. The van der Waals surface area contributed by atoms with Crippen LogP contribution in [0.1, 0.15) is 19.3 Å². The van der Waals surface area contributed by atoms with E-state index in [9.17, 15) is 0 Å². The molecule has 1 aliphatic carbocycles. The van der Waals surface area contributed by atoms with Crippen LogP contribution in [0.2, 0.25) is 0 Å². The second kappa shape index (κ2) is 4.23. The van der Waals surface area contributed by atoms with Gasteiger partial charge in [0.2, 0.25) is 5.88 Å². The molecule has 1 saturated carbocycles. The van der Waals surface area contributed by atoms with Crippen molar-refractivity contribution in [3.63, 3.8) is 0 Å². The topological polar surface area (TPSA) is 61.0 Å². The van der Waals surface area contributed by atoms with Crippen molar-refractivity contribution in [3.8, 4) is 5.88 Å². The summed E-state index contributed by atoms with van der Waals surface area (Å²) in [5.41, 5.74) is 5.79. The van der Waals surface area contributed by atoms with E-state index in [1.807, 2.05) is 0 Å². The second-order valence-corrected chi connectivity index (χ2v) is 4.34. The zero-order valence-electron chi connectivity index (χ0n) is 7.69. The first-order valence-corrected chi connectivity index (χ1v) is 5.43. The van der Waals surface area contributed by atoms with E-state index in [-0.39, 0.29) is 12.1 Å². The molecule has 2 atom stereocenters. The quantitative estimate of drug-likeness (QED) is 0.873. The molecule has 2 rings (SSSR count). The number of hydrogen-bond acceptors (Lipinski definition) is 4. The van der Waals surface area contributed by atoms with E-state index in [0.717, 1.165) is 23.7 Å². The highest BCUT2D eigenvalue weighted by Crippen LogP contribution is 2.26. The zero-order valence-corrected chi connectivity index (χ0v) is 9.27. The Kier molecular flexibility index (Phi) is 2.98.